The van der Waals surface area contributed by atoms with Crippen molar-refractivity contribution in [3.05, 3.63) is 35.7 Å². The predicted octanol–water partition coefficient (Wildman–Crippen LogP) is 1.23. The number of benzene rings is 1. The summed E-state index contributed by atoms with van der Waals surface area (Å²) in [5, 5.41) is 3.74. The smallest absolute Gasteiger partial charge is 0.241 e. The molecule has 21 heavy (non-hydrogen) atoms. The third kappa shape index (κ3) is 3.01. The van der Waals surface area contributed by atoms with Gasteiger partial charge in [-0.25, -0.2) is 13.1 Å². The zero-order chi connectivity index (χ0) is 14.9. The van der Waals surface area contributed by atoms with E-state index in [0.29, 0.717) is 36.2 Å². The lowest BCUT2D eigenvalue weighted by Crippen LogP contribution is -2.24. The second kappa shape index (κ2) is 5.38. The highest BCUT2D eigenvalue weighted by atomic mass is 32.2. The van der Waals surface area contributed by atoms with Crippen LogP contribution in [0.25, 0.3) is 0 Å². The van der Waals surface area contributed by atoms with Crippen LogP contribution < -0.4 is 14.2 Å². The highest BCUT2D eigenvalue weighted by Crippen LogP contribution is 2.32. The standard InChI is InChI=1S/C13H14N2O5S/c1-9-6-10(15-20-9)8-14-21(16,17)11-2-3-12-13(7-11)19-5-4-18-12/h2-3,6-7,14H,4-5,8H2,1H3. The summed E-state index contributed by atoms with van der Waals surface area (Å²) in [5.74, 6) is 1.61. The molecule has 0 saturated carbocycles. The van der Waals surface area contributed by atoms with Crippen molar-refractivity contribution in [1.82, 2.24) is 9.88 Å². The third-order valence-electron chi connectivity index (χ3n) is 2.94. The van der Waals surface area contributed by atoms with E-state index in [0.717, 1.165) is 0 Å². The number of aromatic nitrogens is 1. The first-order valence-electron chi connectivity index (χ1n) is 6.36. The monoisotopic (exact) mass is 310 g/mol. The predicted molar refractivity (Wildman–Crippen MR) is 72.7 cm³/mol. The summed E-state index contributed by atoms with van der Waals surface area (Å²) in [6.45, 7) is 2.67. The van der Waals surface area contributed by atoms with Gasteiger partial charge in [0, 0.05) is 12.1 Å². The Balaban J connectivity index is 1.78. The summed E-state index contributed by atoms with van der Waals surface area (Å²) in [7, 11) is -3.65. The largest absolute Gasteiger partial charge is 0.486 e. The number of fused-ring (bicyclic) bond motifs is 1. The molecule has 0 spiro atoms. The first kappa shape index (κ1) is 13.9. The Morgan fingerprint density at radius 3 is 2.67 bits per heavy atom. The molecular formula is C13H14N2O5S. The summed E-state index contributed by atoms with van der Waals surface area (Å²) in [6.07, 6.45) is 0. The summed E-state index contributed by atoms with van der Waals surface area (Å²) in [4.78, 5) is 0.118. The number of sulfonamides is 1. The van der Waals surface area contributed by atoms with Crippen molar-refractivity contribution < 1.29 is 22.4 Å². The third-order valence-corrected chi connectivity index (χ3v) is 4.34. The van der Waals surface area contributed by atoms with Crippen molar-refractivity contribution in [2.24, 2.45) is 0 Å². The van der Waals surface area contributed by atoms with Crippen LogP contribution in [0, 0.1) is 6.92 Å². The van der Waals surface area contributed by atoms with Crippen molar-refractivity contribution in [3.63, 3.8) is 0 Å². The Hall–Kier alpha value is -2.06. The van der Waals surface area contributed by atoms with Crippen LogP contribution >= 0.6 is 0 Å². The molecule has 0 saturated heterocycles. The van der Waals surface area contributed by atoms with Gasteiger partial charge in [-0.2, -0.15) is 0 Å². The number of hydrogen-bond acceptors (Lipinski definition) is 6. The van der Waals surface area contributed by atoms with Gasteiger partial charge in [0.1, 0.15) is 19.0 Å². The molecule has 1 aliphatic heterocycles. The highest BCUT2D eigenvalue weighted by Gasteiger charge is 2.19. The number of nitrogens with zero attached hydrogens (tertiary/aromatic N) is 1. The van der Waals surface area contributed by atoms with E-state index >= 15 is 0 Å². The van der Waals surface area contributed by atoms with Gasteiger partial charge in [0.15, 0.2) is 11.5 Å². The Morgan fingerprint density at radius 1 is 1.19 bits per heavy atom. The van der Waals surface area contributed by atoms with E-state index in [4.69, 9.17) is 14.0 Å². The molecule has 2 aromatic rings. The van der Waals surface area contributed by atoms with Crippen LogP contribution in [0.1, 0.15) is 11.5 Å². The minimum atomic E-state index is -3.65. The molecule has 0 aliphatic carbocycles. The zero-order valence-electron chi connectivity index (χ0n) is 11.3. The van der Waals surface area contributed by atoms with Crippen molar-refractivity contribution in [1.29, 1.82) is 0 Å². The van der Waals surface area contributed by atoms with Crippen molar-refractivity contribution in [2.45, 2.75) is 18.4 Å². The molecule has 1 N–H and O–H groups in total. The molecule has 3 rings (SSSR count). The summed E-state index contributed by atoms with van der Waals surface area (Å²) in [5.41, 5.74) is 0.522. The van der Waals surface area contributed by atoms with Gasteiger partial charge >= 0.3 is 0 Å². The quantitative estimate of drug-likeness (QED) is 0.913. The van der Waals surface area contributed by atoms with E-state index in [2.05, 4.69) is 9.88 Å². The summed E-state index contributed by atoms with van der Waals surface area (Å²) >= 11 is 0. The van der Waals surface area contributed by atoms with E-state index < -0.39 is 10.0 Å². The van der Waals surface area contributed by atoms with Crippen LogP contribution in [0.5, 0.6) is 11.5 Å². The van der Waals surface area contributed by atoms with Crippen LogP contribution in [0.4, 0.5) is 0 Å². The minimum Gasteiger partial charge on any atom is -0.486 e. The van der Waals surface area contributed by atoms with Crippen LogP contribution in [-0.4, -0.2) is 26.8 Å². The van der Waals surface area contributed by atoms with E-state index in [-0.39, 0.29) is 11.4 Å². The molecule has 8 heteroatoms. The van der Waals surface area contributed by atoms with E-state index in [1.807, 2.05) is 0 Å². The Labute approximate surface area is 121 Å². The van der Waals surface area contributed by atoms with Gasteiger partial charge in [0.25, 0.3) is 0 Å². The average Bonchev–Trinajstić information content (AvgIpc) is 2.90. The minimum absolute atomic E-state index is 0.0636. The maximum atomic E-state index is 12.2. The maximum Gasteiger partial charge on any atom is 0.241 e. The SMILES string of the molecule is Cc1cc(CNS(=O)(=O)c2ccc3c(c2)OCCO3)no1. The maximum absolute atomic E-state index is 12.2. The molecule has 0 amide bonds. The van der Waals surface area contributed by atoms with Crippen molar-refractivity contribution in [3.8, 4) is 11.5 Å². The van der Waals surface area contributed by atoms with Gasteiger partial charge in [-0.15, -0.1) is 0 Å². The van der Waals surface area contributed by atoms with E-state index in [1.165, 1.54) is 12.1 Å². The Kier molecular flexibility index (Phi) is 3.56. The second-order valence-corrected chi connectivity index (χ2v) is 6.33. The molecule has 1 aromatic heterocycles. The molecular weight excluding hydrogens is 296 g/mol. The number of ether oxygens (including phenoxy) is 2. The number of aryl methyl sites for hydroxylation is 1. The van der Waals surface area contributed by atoms with Gasteiger partial charge in [0.2, 0.25) is 10.0 Å². The molecule has 1 aromatic carbocycles. The fraction of sp³-hybridized carbons (Fsp3) is 0.308. The van der Waals surface area contributed by atoms with Crippen LogP contribution in [0.15, 0.2) is 33.7 Å². The van der Waals surface area contributed by atoms with E-state index in [9.17, 15) is 8.42 Å². The van der Waals surface area contributed by atoms with Gasteiger partial charge in [-0.3, -0.25) is 0 Å². The number of hydrogen-bond donors (Lipinski definition) is 1. The number of nitrogens with one attached hydrogen (secondary N) is 1. The normalized spacial score (nSPS) is 14.1. The lowest BCUT2D eigenvalue weighted by molar-refractivity contribution is 0.171. The lowest BCUT2D eigenvalue weighted by atomic mass is 10.3. The first-order chi connectivity index (χ1) is 10.0. The fourth-order valence-electron chi connectivity index (χ4n) is 1.94. The van der Waals surface area contributed by atoms with Gasteiger partial charge in [-0.05, 0) is 19.1 Å². The van der Waals surface area contributed by atoms with Crippen molar-refractivity contribution in [2.75, 3.05) is 13.2 Å². The highest BCUT2D eigenvalue weighted by molar-refractivity contribution is 7.89. The van der Waals surface area contributed by atoms with Crippen molar-refractivity contribution >= 4 is 10.0 Å². The topological polar surface area (TPSA) is 90.7 Å². The lowest BCUT2D eigenvalue weighted by Gasteiger charge is -2.18. The fourth-order valence-corrected chi connectivity index (χ4v) is 2.96. The second-order valence-electron chi connectivity index (χ2n) is 4.56. The van der Waals surface area contributed by atoms with Crippen LogP contribution in [0.2, 0.25) is 0 Å². The summed E-state index contributed by atoms with van der Waals surface area (Å²) < 4.78 is 42.6. The molecule has 0 radical (unpaired) electrons. The molecule has 2 heterocycles. The van der Waals surface area contributed by atoms with Gasteiger partial charge in [-0.1, -0.05) is 5.16 Å². The molecule has 0 unspecified atom stereocenters. The molecule has 112 valence electrons. The van der Waals surface area contributed by atoms with E-state index in [1.54, 1.807) is 19.1 Å². The molecule has 1 aliphatic rings. The molecule has 0 fully saturated rings. The van der Waals surface area contributed by atoms with Gasteiger partial charge < -0.3 is 14.0 Å². The Morgan fingerprint density at radius 2 is 1.95 bits per heavy atom. The number of rotatable bonds is 4. The molecule has 7 nitrogen and oxygen atoms in total. The zero-order valence-corrected chi connectivity index (χ0v) is 12.1. The summed E-state index contributed by atoms with van der Waals surface area (Å²) in [6, 6.07) is 6.18. The molecule has 0 bridgehead atoms. The van der Waals surface area contributed by atoms with Crippen LogP contribution in [0.3, 0.4) is 0 Å². The Bertz CT molecular complexity index is 754. The van der Waals surface area contributed by atoms with Crippen LogP contribution in [-0.2, 0) is 16.6 Å². The molecule has 0 atom stereocenters. The first-order valence-corrected chi connectivity index (χ1v) is 7.84. The average molecular weight is 310 g/mol. The van der Waals surface area contributed by atoms with Gasteiger partial charge in [0.05, 0.1) is 17.1 Å².